The van der Waals surface area contributed by atoms with E-state index in [0.29, 0.717) is 6.04 Å². The molecule has 0 aliphatic carbocycles. The van der Waals surface area contributed by atoms with Crippen LogP contribution in [0.1, 0.15) is 23.2 Å². The van der Waals surface area contributed by atoms with Crippen molar-refractivity contribution in [3.8, 4) is 0 Å². The van der Waals surface area contributed by atoms with E-state index in [0.717, 1.165) is 35.8 Å². The second-order valence-electron chi connectivity index (χ2n) is 6.16. The van der Waals surface area contributed by atoms with Gasteiger partial charge in [-0.3, -0.25) is 4.79 Å². The first-order valence-electron chi connectivity index (χ1n) is 7.56. The van der Waals surface area contributed by atoms with Crippen LogP contribution in [0.5, 0.6) is 0 Å². The zero-order chi connectivity index (χ0) is 15.0. The Labute approximate surface area is 125 Å². The number of likely N-dealkylation sites (tertiary alicyclic amines) is 1. The predicted molar refractivity (Wildman–Crippen MR) is 87.2 cm³/mol. The van der Waals surface area contributed by atoms with Gasteiger partial charge in [0, 0.05) is 48.5 Å². The highest BCUT2D eigenvalue weighted by Crippen LogP contribution is 2.28. The molecule has 112 valence electrons. The van der Waals surface area contributed by atoms with Gasteiger partial charge in [-0.05, 0) is 51.2 Å². The molecule has 4 heteroatoms. The number of aldehydes is 1. The van der Waals surface area contributed by atoms with Crippen LogP contribution < -0.4 is 4.90 Å². The molecule has 0 N–H and O–H groups in total. The largest absolute Gasteiger partial charge is 0.371 e. The number of hydrogen-bond acceptors (Lipinski definition) is 3. The molecule has 1 aliphatic heterocycles. The van der Waals surface area contributed by atoms with E-state index >= 15 is 0 Å². The average Bonchev–Trinajstić information content (AvgIpc) is 2.83. The molecule has 0 radical (unpaired) electrons. The third-order valence-corrected chi connectivity index (χ3v) is 4.77. The third kappa shape index (κ3) is 2.56. The number of carbonyl (C=O) groups excluding carboxylic acids is 1. The summed E-state index contributed by atoms with van der Waals surface area (Å²) in [5.41, 5.74) is 3.08. The highest BCUT2D eigenvalue weighted by molar-refractivity contribution is 5.99. The van der Waals surface area contributed by atoms with Crippen molar-refractivity contribution in [2.24, 2.45) is 7.05 Å². The molecule has 0 saturated carbocycles. The fraction of sp³-hybridized carbons (Fsp3) is 0.471. The Morgan fingerprint density at radius 3 is 2.62 bits per heavy atom. The van der Waals surface area contributed by atoms with Gasteiger partial charge in [0.15, 0.2) is 6.29 Å². The quantitative estimate of drug-likeness (QED) is 0.811. The van der Waals surface area contributed by atoms with Crippen molar-refractivity contribution in [3.05, 3.63) is 30.0 Å². The van der Waals surface area contributed by atoms with Crippen molar-refractivity contribution in [1.29, 1.82) is 0 Å². The van der Waals surface area contributed by atoms with Gasteiger partial charge in [-0.2, -0.15) is 0 Å². The fourth-order valence-corrected chi connectivity index (χ4v) is 3.32. The second kappa shape index (κ2) is 5.53. The maximum atomic E-state index is 11.2. The molecule has 2 heterocycles. The first kappa shape index (κ1) is 14.1. The van der Waals surface area contributed by atoms with E-state index < -0.39 is 0 Å². The van der Waals surface area contributed by atoms with E-state index in [9.17, 15) is 4.79 Å². The number of rotatable bonds is 3. The minimum atomic E-state index is 0.585. The molecule has 3 rings (SSSR count). The van der Waals surface area contributed by atoms with Crippen LogP contribution >= 0.6 is 0 Å². The van der Waals surface area contributed by atoms with Crippen molar-refractivity contribution in [2.75, 3.05) is 32.1 Å². The smallest absolute Gasteiger partial charge is 0.152 e. The number of benzene rings is 1. The fourth-order valence-electron chi connectivity index (χ4n) is 3.32. The Kier molecular flexibility index (Phi) is 3.72. The first-order chi connectivity index (χ1) is 10.1. The van der Waals surface area contributed by atoms with Crippen LogP contribution in [0.4, 0.5) is 5.69 Å². The van der Waals surface area contributed by atoms with E-state index in [1.54, 1.807) is 0 Å². The van der Waals surface area contributed by atoms with Crippen LogP contribution in [0.25, 0.3) is 10.9 Å². The molecule has 21 heavy (non-hydrogen) atoms. The molecule has 1 aromatic carbocycles. The summed E-state index contributed by atoms with van der Waals surface area (Å²) in [5, 5.41) is 1.05. The predicted octanol–water partition coefficient (Wildman–Crippen LogP) is 2.52. The van der Waals surface area contributed by atoms with Crippen LogP contribution in [0.3, 0.4) is 0 Å². The molecule has 4 nitrogen and oxygen atoms in total. The molecule has 0 unspecified atom stereocenters. The summed E-state index contributed by atoms with van der Waals surface area (Å²) in [6.07, 6.45) is 5.24. The van der Waals surface area contributed by atoms with Gasteiger partial charge in [0.2, 0.25) is 0 Å². The summed E-state index contributed by atoms with van der Waals surface area (Å²) < 4.78 is 2.01. The van der Waals surface area contributed by atoms with Crippen molar-refractivity contribution in [1.82, 2.24) is 9.47 Å². The van der Waals surface area contributed by atoms with Crippen molar-refractivity contribution in [3.63, 3.8) is 0 Å². The average molecular weight is 285 g/mol. The summed E-state index contributed by atoms with van der Waals surface area (Å²) in [6.45, 7) is 2.31. The molecule has 1 fully saturated rings. The number of anilines is 1. The Morgan fingerprint density at radius 2 is 1.95 bits per heavy atom. The number of aryl methyl sites for hydroxylation is 1. The number of carbonyl (C=O) groups is 1. The van der Waals surface area contributed by atoms with Crippen molar-refractivity contribution in [2.45, 2.75) is 18.9 Å². The molecule has 0 spiro atoms. The second-order valence-corrected chi connectivity index (χ2v) is 6.16. The lowest BCUT2D eigenvalue weighted by molar-refractivity contribution is 0.112. The number of fused-ring (bicyclic) bond motifs is 1. The summed E-state index contributed by atoms with van der Waals surface area (Å²) in [6, 6.07) is 7.01. The van der Waals surface area contributed by atoms with Crippen LogP contribution in [0.2, 0.25) is 0 Å². The Balaban J connectivity index is 1.91. The van der Waals surface area contributed by atoms with Gasteiger partial charge in [-0.25, -0.2) is 0 Å². The lowest BCUT2D eigenvalue weighted by Gasteiger charge is -2.36. The number of nitrogens with zero attached hydrogens (tertiary/aromatic N) is 3. The van der Waals surface area contributed by atoms with E-state index in [1.807, 2.05) is 17.8 Å². The van der Waals surface area contributed by atoms with Crippen LogP contribution in [0.15, 0.2) is 24.4 Å². The third-order valence-electron chi connectivity index (χ3n) is 4.77. The van der Waals surface area contributed by atoms with Gasteiger partial charge in [0.05, 0.1) is 0 Å². The maximum absolute atomic E-state index is 11.2. The van der Waals surface area contributed by atoms with Crippen molar-refractivity contribution >= 4 is 22.9 Å². The molecule has 1 aromatic heterocycles. The molecule has 0 bridgehead atoms. The molecule has 1 saturated heterocycles. The number of piperidine rings is 1. The molecule has 1 aliphatic rings. The Hall–Kier alpha value is -1.81. The topological polar surface area (TPSA) is 28.5 Å². The Bertz CT molecular complexity index is 653. The highest BCUT2D eigenvalue weighted by Gasteiger charge is 2.21. The summed E-state index contributed by atoms with van der Waals surface area (Å²) in [7, 11) is 6.33. The van der Waals surface area contributed by atoms with Gasteiger partial charge < -0.3 is 14.4 Å². The standard InChI is InChI=1S/C17H23N3O/c1-18-8-6-14(7-9-18)20(3)15-4-5-17-16(10-15)13(12-21)11-19(17)2/h4-5,10-12,14H,6-9H2,1-3H3. The zero-order valence-electron chi connectivity index (χ0n) is 13.0. The molecular formula is C17H23N3O. The maximum Gasteiger partial charge on any atom is 0.152 e. The van der Waals surface area contributed by atoms with Gasteiger partial charge in [-0.15, -0.1) is 0 Å². The minimum absolute atomic E-state index is 0.585. The van der Waals surface area contributed by atoms with Gasteiger partial charge in [-0.1, -0.05) is 0 Å². The molecule has 0 atom stereocenters. The summed E-state index contributed by atoms with van der Waals surface area (Å²) >= 11 is 0. The highest BCUT2D eigenvalue weighted by atomic mass is 16.1. The zero-order valence-corrected chi connectivity index (χ0v) is 13.0. The van der Waals surface area contributed by atoms with Crippen LogP contribution in [0, 0.1) is 0 Å². The van der Waals surface area contributed by atoms with Crippen LogP contribution in [-0.4, -0.2) is 49.0 Å². The van der Waals surface area contributed by atoms with E-state index in [2.05, 4.69) is 42.1 Å². The summed E-state index contributed by atoms with van der Waals surface area (Å²) in [5.74, 6) is 0. The minimum Gasteiger partial charge on any atom is -0.371 e. The van der Waals surface area contributed by atoms with E-state index in [4.69, 9.17) is 0 Å². The lowest BCUT2D eigenvalue weighted by atomic mass is 10.0. The monoisotopic (exact) mass is 285 g/mol. The van der Waals surface area contributed by atoms with Crippen LogP contribution in [-0.2, 0) is 7.05 Å². The van der Waals surface area contributed by atoms with Gasteiger partial charge in [0.1, 0.15) is 0 Å². The van der Waals surface area contributed by atoms with Gasteiger partial charge in [0.25, 0.3) is 0 Å². The SMILES string of the molecule is CN1CCC(N(C)c2ccc3c(c2)c(C=O)cn3C)CC1. The number of hydrogen-bond donors (Lipinski definition) is 0. The molecule has 0 amide bonds. The summed E-state index contributed by atoms with van der Waals surface area (Å²) in [4.78, 5) is 16.0. The molecular weight excluding hydrogens is 262 g/mol. The van der Waals surface area contributed by atoms with Crippen molar-refractivity contribution < 1.29 is 4.79 Å². The first-order valence-corrected chi connectivity index (χ1v) is 7.56. The van der Waals surface area contributed by atoms with E-state index in [1.165, 1.54) is 18.5 Å². The van der Waals surface area contributed by atoms with Gasteiger partial charge >= 0.3 is 0 Å². The lowest BCUT2D eigenvalue weighted by Crippen LogP contribution is -2.41. The number of aromatic nitrogens is 1. The normalized spacial score (nSPS) is 17.3. The van der Waals surface area contributed by atoms with E-state index in [-0.39, 0.29) is 0 Å². The Morgan fingerprint density at radius 1 is 1.24 bits per heavy atom. The molecule has 2 aromatic rings.